The predicted molar refractivity (Wildman–Crippen MR) is 83.7 cm³/mol. The van der Waals surface area contributed by atoms with Gasteiger partial charge in [-0.25, -0.2) is 0 Å². The van der Waals surface area contributed by atoms with Gasteiger partial charge >= 0.3 is 0 Å². The van der Waals surface area contributed by atoms with Crippen LogP contribution < -0.4 is 5.73 Å². The van der Waals surface area contributed by atoms with Crippen LogP contribution in [-0.2, 0) is 5.41 Å². The lowest BCUT2D eigenvalue weighted by Crippen LogP contribution is -2.34. The minimum atomic E-state index is 0.0821. The van der Waals surface area contributed by atoms with Gasteiger partial charge in [-0.15, -0.1) is 10.2 Å². The van der Waals surface area contributed by atoms with Gasteiger partial charge in [0, 0.05) is 17.9 Å². The van der Waals surface area contributed by atoms with Gasteiger partial charge < -0.3 is 5.73 Å². The summed E-state index contributed by atoms with van der Waals surface area (Å²) in [6.07, 6.45) is 11.3. The number of rotatable bonds is 3. The molecule has 2 heterocycles. The third kappa shape index (κ3) is 2.19. The van der Waals surface area contributed by atoms with Crippen molar-refractivity contribution in [3.8, 4) is 0 Å². The molecule has 114 valence electrons. The van der Waals surface area contributed by atoms with Gasteiger partial charge in [0.25, 0.3) is 0 Å². The van der Waals surface area contributed by atoms with Crippen LogP contribution in [-0.4, -0.2) is 26.4 Å². The van der Waals surface area contributed by atoms with Crippen molar-refractivity contribution in [3.05, 3.63) is 10.8 Å². The summed E-state index contributed by atoms with van der Waals surface area (Å²) < 4.78 is 2.01. The summed E-state index contributed by atoms with van der Waals surface area (Å²) in [5, 5.41) is 14.8. The Bertz CT molecular complexity index is 619. The van der Waals surface area contributed by atoms with Gasteiger partial charge in [0.1, 0.15) is 5.01 Å². The minimum Gasteiger partial charge on any atom is -0.329 e. The zero-order chi connectivity index (χ0) is 14.3. The number of hydrogen-bond donors (Lipinski definition) is 1. The predicted octanol–water partition coefficient (Wildman–Crippen LogP) is 3.00. The number of nitrogens with zero attached hydrogens (tertiary/aromatic N) is 4. The highest BCUT2D eigenvalue weighted by atomic mass is 32.1. The van der Waals surface area contributed by atoms with Crippen molar-refractivity contribution < 1.29 is 0 Å². The fraction of sp³-hybridized carbons (Fsp3) is 0.800. The van der Waals surface area contributed by atoms with Crippen molar-refractivity contribution in [1.82, 2.24) is 19.8 Å². The van der Waals surface area contributed by atoms with E-state index in [1.54, 1.807) is 11.3 Å². The summed E-state index contributed by atoms with van der Waals surface area (Å²) in [6, 6.07) is 0. The molecule has 2 aromatic rings. The summed E-state index contributed by atoms with van der Waals surface area (Å²) in [7, 11) is 0. The van der Waals surface area contributed by atoms with E-state index in [-0.39, 0.29) is 5.41 Å². The van der Waals surface area contributed by atoms with Crippen molar-refractivity contribution >= 4 is 16.3 Å². The molecule has 2 N–H and O–H groups in total. The number of fused-ring (bicyclic) bond motifs is 1. The van der Waals surface area contributed by atoms with E-state index in [9.17, 15) is 0 Å². The van der Waals surface area contributed by atoms with Gasteiger partial charge in [-0.3, -0.25) is 0 Å². The number of aromatic nitrogens is 4. The van der Waals surface area contributed by atoms with Gasteiger partial charge in [0.05, 0.1) is 0 Å². The van der Waals surface area contributed by atoms with E-state index in [2.05, 4.69) is 10.2 Å². The third-order valence-corrected chi connectivity index (χ3v) is 6.54. The molecule has 0 saturated heterocycles. The fourth-order valence-corrected chi connectivity index (χ4v) is 4.78. The van der Waals surface area contributed by atoms with E-state index in [1.807, 2.05) is 4.52 Å². The molecule has 0 unspecified atom stereocenters. The lowest BCUT2D eigenvalue weighted by atomic mass is 9.81. The summed E-state index contributed by atoms with van der Waals surface area (Å²) in [6.45, 7) is 0.704. The van der Waals surface area contributed by atoms with Crippen LogP contribution in [0.5, 0.6) is 0 Å². The summed E-state index contributed by atoms with van der Waals surface area (Å²) in [5.41, 5.74) is 6.27. The molecular weight excluding hydrogens is 282 g/mol. The monoisotopic (exact) mass is 305 g/mol. The van der Waals surface area contributed by atoms with Crippen molar-refractivity contribution in [1.29, 1.82) is 0 Å². The van der Waals surface area contributed by atoms with E-state index in [4.69, 9.17) is 10.8 Å². The van der Waals surface area contributed by atoms with Crippen LogP contribution in [0, 0.1) is 0 Å². The zero-order valence-corrected chi connectivity index (χ0v) is 13.2. The standard InChI is InChI=1S/C15H23N5S/c16-10-15(8-3-1-2-4-9-15)13-19-20-12(11-6-5-7-11)17-18-14(20)21-13/h11H,1-10,16H2. The van der Waals surface area contributed by atoms with Crippen molar-refractivity contribution in [3.63, 3.8) is 0 Å². The van der Waals surface area contributed by atoms with Gasteiger partial charge in [0.2, 0.25) is 4.96 Å². The first-order chi connectivity index (χ1) is 10.3. The number of nitrogens with two attached hydrogens (primary N) is 1. The second-order valence-corrected chi connectivity index (χ2v) is 7.64. The van der Waals surface area contributed by atoms with Crippen molar-refractivity contribution in [2.45, 2.75) is 69.1 Å². The molecule has 6 heteroatoms. The lowest BCUT2D eigenvalue weighted by Gasteiger charge is -2.28. The van der Waals surface area contributed by atoms with Crippen LogP contribution in [0.15, 0.2) is 0 Å². The van der Waals surface area contributed by atoms with Crippen LogP contribution in [0.4, 0.5) is 0 Å². The maximum absolute atomic E-state index is 6.19. The highest BCUT2D eigenvalue weighted by Crippen LogP contribution is 2.41. The van der Waals surface area contributed by atoms with E-state index in [0.29, 0.717) is 12.5 Å². The normalized spacial score (nSPS) is 23.1. The van der Waals surface area contributed by atoms with Crippen molar-refractivity contribution in [2.75, 3.05) is 6.54 Å². The Labute approximate surface area is 128 Å². The Balaban J connectivity index is 1.73. The number of hydrogen-bond acceptors (Lipinski definition) is 5. The molecule has 0 spiro atoms. The Morgan fingerprint density at radius 2 is 1.86 bits per heavy atom. The maximum atomic E-state index is 6.19. The van der Waals surface area contributed by atoms with Crippen LogP contribution in [0.1, 0.15) is 74.5 Å². The van der Waals surface area contributed by atoms with Gasteiger partial charge in [-0.2, -0.15) is 9.61 Å². The fourth-order valence-electron chi connectivity index (χ4n) is 3.68. The molecular formula is C15H23N5S. The molecule has 5 nitrogen and oxygen atoms in total. The summed E-state index contributed by atoms with van der Waals surface area (Å²) in [4.78, 5) is 0.948. The maximum Gasteiger partial charge on any atom is 0.234 e. The van der Waals surface area contributed by atoms with Gasteiger partial charge in [0.15, 0.2) is 5.82 Å². The molecule has 2 aromatic heterocycles. The van der Waals surface area contributed by atoms with E-state index in [0.717, 1.165) is 10.8 Å². The van der Waals surface area contributed by atoms with Crippen LogP contribution in [0.25, 0.3) is 4.96 Å². The molecule has 0 radical (unpaired) electrons. The molecule has 0 bridgehead atoms. The molecule has 0 atom stereocenters. The van der Waals surface area contributed by atoms with Crippen LogP contribution in [0.3, 0.4) is 0 Å². The molecule has 4 rings (SSSR count). The summed E-state index contributed by atoms with van der Waals surface area (Å²) in [5.74, 6) is 1.64. The average Bonchev–Trinajstić information content (AvgIpc) is 2.92. The van der Waals surface area contributed by atoms with Crippen LogP contribution in [0.2, 0.25) is 0 Å². The molecule has 2 aliphatic carbocycles. The lowest BCUT2D eigenvalue weighted by molar-refractivity contribution is 0.370. The van der Waals surface area contributed by atoms with Crippen molar-refractivity contribution in [2.24, 2.45) is 5.73 Å². The molecule has 21 heavy (non-hydrogen) atoms. The zero-order valence-electron chi connectivity index (χ0n) is 12.4. The molecule has 2 fully saturated rings. The summed E-state index contributed by atoms with van der Waals surface area (Å²) >= 11 is 1.71. The van der Waals surface area contributed by atoms with Gasteiger partial charge in [-0.05, 0) is 25.7 Å². The molecule has 0 aromatic carbocycles. The highest BCUT2D eigenvalue weighted by molar-refractivity contribution is 7.16. The topological polar surface area (TPSA) is 69.1 Å². The first-order valence-electron chi connectivity index (χ1n) is 8.25. The second kappa shape index (κ2) is 5.32. The first kappa shape index (κ1) is 13.6. The largest absolute Gasteiger partial charge is 0.329 e. The Kier molecular flexibility index (Phi) is 3.46. The first-order valence-corrected chi connectivity index (χ1v) is 9.07. The van der Waals surface area contributed by atoms with Gasteiger partial charge in [-0.1, -0.05) is 43.4 Å². The van der Waals surface area contributed by atoms with Crippen LogP contribution >= 0.6 is 11.3 Å². The Morgan fingerprint density at radius 1 is 1.10 bits per heavy atom. The Morgan fingerprint density at radius 3 is 2.48 bits per heavy atom. The molecule has 0 aliphatic heterocycles. The smallest absolute Gasteiger partial charge is 0.234 e. The second-order valence-electron chi connectivity index (χ2n) is 6.69. The minimum absolute atomic E-state index is 0.0821. The quantitative estimate of drug-likeness (QED) is 0.885. The SMILES string of the molecule is NCC1(c2nn3c(C4CCC4)nnc3s2)CCCCCC1. The molecule has 0 amide bonds. The van der Waals surface area contributed by atoms with E-state index < -0.39 is 0 Å². The molecule has 2 aliphatic rings. The third-order valence-electron chi connectivity index (χ3n) is 5.39. The Hall–Kier alpha value is -1.01. The van der Waals surface area contributed by atoms with E-state index in [1.165, 1.54) is 62.8 Å². The average molecular weight is 305 g/mol. The van der Waals surface area contributed by atoms with E-state index >= 15 is 0 Å². The highest BCUT2D eigenvalue weighted by Gasteiger charge is 2.36. The molecule has 2 saturated carbocycles.